The van der Waals surface area contributed by atoms with Gasteiger partial charge in [-0.2, -0.15) is 0 Å². The van der Waals surface area contributed by atoms with Crippen molar-refractivity contribution in [3.05, 3.63) is 46.2 Å². The highest BCUT2D eigenvalue weighted by molar-refractivity contribution is 9.10. The van der Waals surface area contributed by atoms with Gasteiger partial charge < -0.3 is 5.32 Å². The fraction of sp³-hybridized carbons (Fsp3) is 0.500. The van der Waals surface area contributed by atoms with Crippen LogP contribution in [0.4, 0.5) is 0 Å². The molecule has 2 aromatic rings. The van der Waals surface area contributed by atoms with Crippen LogP contribution in [0.5, 0.6) is 0 Å². The van der Waals surface area contributed by atoms with Gasteiger partial charge in [-0.05, 0) is 40.9 Å². The Morgan fingerprint density at radius 2 is 2.05 bits per heavy atom. The molecule has 1 fully saturated rings. The Morgan fingerprint density at radius 1 is 1.33 bits per heavy atom. The van der Waals surface area contributed by atoms with E-state index >= 15 is 0 Å². The first-order chi connectivity index (χ1) is 10.2. The Morgan fingerprint density at radius 3 is 2.52 bits per heavy atom. The van der Waals surface area contributed by atoms with Crippen LogP contribution in [-0.2, 0) is 12.5 Å². The first kappa shape index (κ1) is 14.7. The number of halogens is 1. The molecular formula is C16H21BrN4. The maximum atomic E-state index is 4.17. The monoisotopic (exact) mass is 348 g/mol. The summed E-state index contributed by atoms with van der Waals surface area (Å²) < 4.78 is 2.73. The lowest BCUT2D eigenvalue weighted by Gasteiger charge is -2.48. The van der Waals surface area contributed by atoms with Crippen LogP contribution in [0.3, 0.4) is 0 Å². The number of rotatable bonds is 5. The summed E-state index contributed by atoms with van der Waals surface area (Å²) in [4.78, 5) is 0. The zero-order valence-corrected chi connectivity index (χ0v) is 14.1. The lowest BCUT2D eigenvalue weighted by molar-refractivity contribution is 0.164. The van der Waals surface area contributed by atoms with Crippen LogP contribution in [0, 0.1) is 0 Å². The minimum atomic E-state index is 0.148. The Bertz CT molecular complexity index is 584. The summed E-state index contributed by atoms with van der Waals surface area (Å²) in [6.45, 7) is 3.08. The SMILES string of the molecule is CCNC(c1c(Br)nnn1C)C1(c2ccccc2)CCC1. The average molecular weight is 349 g/mol. The van der Waals surface area contributed by atoms with E-state index in [-0.39, 0.29) is 11.5 Å². The summed E-state index contributed by atoms with van der Waals surface area (Å²) in [5, 5.41) is 12.0. The third-order valence-electron chi connectivity index (χ3n) is 4.66. The molecule has 112 valence electrons. The van der Waals surface area contributed by atoms with E-state index in [0.717, 1.165) is 16.8 Å². The minimum Gasteiger partial charge on any atom is -0.308 e. The molecule has 1 aliphatic carbocycles. The predicted octanol–water partition coefficient (Wildman–Crippen LogP) is 3.35. The summed E-state index contributed by atoms with van der Waals surface area (Å²) in [6, 6.07) is 11.1. The second-order valence-electron chi connectivity index (χ2n) is 5.76. The maximum Gasteiger partial charge on any atom is 0.153 e. The van der Waals surface area contributed by atoms with Crippen molar-refractivity contribution in [2.75, 3.05) is 6.54 Å². The van der Waals surface area contributed by atoms with E-state index in [2.05, 4.69) is 68.8 Å². The van der Waals surface area contributed by atoms with Gasteiger partial charge in [-0.1, -0.05) is 48.9 Å². The quantitative estimate of drug-likeness (QED) is 0.900. The van der Waals surface area contributed by atoms with Gasteiger partial charge in [0.05, 0.1) is 11.7 Å². The molecule has 0 amide bonds. The predicted molar refractivity (Wildman–Crippen MR) is 87.1 cm³/mol. The number of hydrogen-bond donors (Lipinski definition) is 1. The molecule has 1 N–H and O–H groups in total. The van der Waals surface area contributed by atoms with Gasteiger partial charge in [0, 0.05) is 12.5 Å². The molecule has 1 aromatic carbocycles. The molecule has 5 heteroatoms. The number of benzene rings is 1. The molecule has 0 saturated heterocycles. The number of likely N-dealkylation sites (N-methyl/N-ethyl adjacent to an activating group) is 1. The molecule has 1 heterocycles. The number of hydrogen-bond acceptors (Lipinski definition) is 3. The number of nitrogens with zero attached hydrogens (tertiary/aromatic N) is 3. The summed E-state index contributed by atoms with van der Waals surface area (Å²) in [5.41, 5.74) is 2.70. The molecule has 0 aliphatic heterocycles. The summed E-state index contributed by atoms with van der Waals surface area (Å²) >= 11 is 3.57. The van der Waals surface area contributed by atoms with Crippen molar-refractivity contribution in [2.45, 2.75) is 37.6 Å². The van der Waals surface area contributed by atoms with Gasteiger partial charge in [-0.15, -0.1) is 5.10 Å². The zero-order valence-electron chi connectivity index (χ0n) is 12.5. The van der Waals surface area contributed by atoms with Crippen molar-refractivity contribution >= 4 is 15.9 Å². The molecule has 1 aliphatic rings. The highest BCUT2D eigenvalue weighted by Crippen LogP contribution is 2.52. The second-order valence-corrected chi connectivity index (χ2v) is 6.51. The lowest BCUT2D eigenvalue weighted by atomic mass is 9.59. The van der Waals surface area contributed by atoms with Crippen LogP contribution < -0.4 is 5.32 Å². The normalized spacial score (nSPS) is 18.2. The van der Waals surface area contributed by atoms with Crippen molar-refractivity contribution in [1.29, 1.82) is 0 Å². The molecule has 1 saturated carbocycles. The van der Waals surface area contributed by atoms with Crippen molar-refractivity contribution in [2.24, 2.45) is 7.05 Å². The maximum absolute atomic E-state index is 4.17. The number of aryl methyl sites for hydroxylation is 1. The van der Waals surface area contributed by atoms with Gasteiger partial charge in [-0.3, -0.25) is 0 Å². The molecule has 3 rings (SSSR count). The van der Waals surface area contributed by atoms with Crippen molar-refractivity contribution in [3.63, 3.8) is 0 Å². The zero-order chi connectivity index (χ0) is 14.9. The highest BCUT2D eigenvalue weighted by atomic mass is 79.9. The van der Waals surface area contributed by atoms with Crippen molar-refractivity contribution in [1.82, 2.24) is 20.3 Å². The Kier molecular flexibility index (Phi) is 4.13. The number of nitrogens with one attached hydrogen (secondary N) is 1. The molecular weight excluding hydrogens is 328 g/mol. The Labute approximate surface area is 134 Å². The molecule has 1 aromatic heterocycles. The van der Waals surface area contributed by atoms with Gasteiger partial charge in [0.15, 0.2) is 4.60 Å². The fourth-order valence-corrected chi connectivity index (χ4v) is 4.03. The molecule has 0 spiro atoms. The van der Waals surface area contributed by atoms with E-state index in [0.29, 0.717) is 0 Å². The fourth-order valence-electron chi connectivity index (χ4n) is 3.47. The third-order valence-corrected chi connectivity index (χ3v) is 5.22. The van der Waals surface area contributed by atoms with E-state index < -0.39 is 0 Å². The van der Waals surface area contributed by atoms with Crippen LogP contribution in [0.2, 0.25) is 0 Å². The van der Waals surface area contributed by atoms with Crippen LogP contribution >= 0.6 is 15.9 Å². The minimum absolute atomic E-state index is 0.148. The Balaban J connectivity index is 2.07. The molecule has 0 bridgehead atoms. The van der Waals surface area contributed by atoms with Gasteiger partial charge in [0.1, 0.15) is 0 Å². The summed E-state index contributed by atoms with van der Waals surface area (Å²) in [7, 11) is 1.97. The molecule has 0 radical (unpaired) electrons. The Hall–Kier alpha value is -1.20. The van der Waals surface area contributed by atoms with Gasteiger partial charge in [0.2, 0.25) is 0 Å². The molecule has 1 unspecified atom stereocenters. The van der Waals surface area contributed by atoms with Gasteiger partial charge in [0.25, 0.3) is 0 Å². The molecule has 4 nitrogen and oxygen atoms in total. The topological polar surface area (TPSA) is 42.7 Å². The van der Waals surface area contributed by atoms with Crippen LogP contribution in [0.15, 0.2) is 34.9 Å². The lowest BCUT2D eigenvalue weighted by Crippen LogP contribution is -2.47. The smallest absolute Gasteiger partial charge is 0.153 e. The first-order valence-corrected chi connectivity index (χ1v) is 8.32. The molecule has 21 heavy (non-hydrogen) atoms. The van der Waals surface area contributed by atoms with Crippen LogP contribution in [0.1, 0.15) is 43.5 Å². The van der Waals surface area contributed by atoms with Gasteiger partial charge >= 0.3 is 0 Å². The van der Waals surface area contributed by atoms with E-state index in [1.54, 1.807) is 0 Å². The van der Waals surface area contributed by atoms with Crippen molar-refractivity contribution < 1.29 is 0 Å². The largest absolute Gasteiger partial charge is 0.308 e. The van der Waals surface area contributed by atoms with Gasteiger partial charge in [-0.25, -0.2) is 4.68 Å². The standard InChI is InChI=1S/C16H21BrN4/c1-3-18-14(13-15(17)19-20-21(13)2)16(10-7-11-16)12-8-5-4-6-9-12/h4-6,8-9,14,18H,3,7,10-11H2,1-2H3. The highest BCUT2D eigenvalue weighted by Gasteiger charge is 2.47. The van der Waals surface area contributed by atoms with Crippen LogP contribution in [0.25, 0.3) is 0 Å². The second kappa shape index (κ2) is 5.89. The third kappa shape index (κ3) is 2.42. The van der Waals surface area contributed by atoms with E-state index in [1.807, 2.05) is 11.7 Å². The summed E-state index contributed by atoms with van der Waals surface area (Å²) in [5.74, 6) is 0. The average Bonchev–Trinajstić information content (AvgIpc) is 2.77. The number of aromatic nitrogens is 3. The van der Waals surface area contributed by atoms with E-state index in [9.17, 15) is 0 Å². The van der Waals surface area contributed by atoms with E-state index in [4.69, 9.17) is 0 Å². The molecule has 1 atom stereocenters. The van der Waals surface area contributed by atoms with E-state index in [1.165, 1.54) is 24.8 Å². The van der Waals surface area contributed by atoms with Crippen LogP contribution in [-0.4, -0.2) is 21.5 Å². The van der Waals surface area contributed by atoms with Crippen molar-refractivity contribution in [3.8, 4) is 0 Å². The summed E-state index contributed by atoms with van der Waals surface area (Å²) in [6.07, 6.45) is 3.68. The first-order valence-electron chi connectivity index (χ1n) is 7.53.